The van der Waals surface area contributed by atoms with Crippen molar-refractivity contribution in [3.05, 3.63) is 35.9 Å². The smallest absolute Gasteiger partial charge is 0.410 e. The average Bonchev–Trinajstić information content (AvgIpc) is 3.57. The Morgan fingerprint density at radius 2 is 1.42 bits per heavy atom. The topological polar surface area (TPSA) is 98.4 Å². The number of rotatable bonds is 20. The molecule has 1 aromatic rings. The van der Waals surface area contributed by atoms with Crippen molar-refractivity contribution in [1.29, 1.82) is 0 Å². The van der Waals surface area contributed by atoms with Gasteiger partial charge < -0.3 is 34.2 Å². The highest BCUT2D eigenvalue weighted by atomic mass is 28.4. The monoisotopic (exact) mass is 952 g/mol. The van der Waals surface area contributed by atoms with Crippen molar-refractivity contribution in [1.82, 2.24) is 15.5 Å². The SMILES string of the molecule is CC(C)C(CC[C@@H](C)[C@H]1CC[C@H]2[C@@H]3[C@H](OCc4ccccc4)C[C@H]4CC(NCCCN(CCCCNC(=O)OC(C)(C)C)C(=O)OC(C)(C)C)CC[C@]4(C)[C@H]3CC[C@]12C)O[Si](C)(C)C(C)(C)C. The van der Waals surface area contributed by atoms with Crippen molar-refractivity contribution in [3.8, 4) is 0 Å². The summed E-state index contributed by atoms with van der Waals surface area (Å²) in [6, 6.07) is 11.3. The minimum atomic E-state index is -1.85. The molecular weight excluding hydrogens is 851 g/mol. The van der Waals surface area contributed by atoms with Gasteiger partial charge in [0.25, 0.3) is 0 Å². The zero-order chi connectivity index (χ0) is 49.6. The molecule has 11 atom stereocenters. The molecule has 384 valence electrons. The number of unbranched alkanes of at least 4 members (excludes halogenated alkanes) is 1. The molecule has 4 fully saturated rings. The molecule has 0 saturated heterocycles. The van der Waals surface area contributed by atoms with Crippen molar-refractivity contribution < 1.29 is 28.2 Å². The number of hydrogen-bond donors (Lipinski definition) is 2. The first-order valence-corrected chi connectivity index (χ1v) is 30.1. The van der Waals surface area contributed by atoms with Gasteiger partial charge in [-0.1, -0.05) is 85.7 Å². The Kier molecular flexibility index (Phi) is 19.1. The lowest BCUT2D eigenvalue weighted by molar-refractivity contribution is -0.185. The predicted octanol–water partition coefficient (Wildman–Crippen LogP) is 14.2. The highest BCUT2D eigenvalue weighted by molar-refractivity contribution is 6.74. The fourth-order valence-electron chi connectivity index (χ4n) is 13.2. The third-order valence-electron chi connectivity index (χ3n) is 17.8. The van der Waals surface area contributed by atoms with Crippen LogP contribution < -0.4 is 10.6 Å². The Balaban J connectivity index is 1.21. The van der Waals surface area contributed by atoms with Crippen LogP contribution in [-0.4, -0.2) is 81.0 Å². The van der Waals surface area contributed by atoms with Crippen molar-refractivity contribution in [2.24, 2.45) is 52.3 Å². The Labute approximate surface area is 411 Å². The van der Waals surface area contributed by atoms with Crippen LogP contribution in [0.5, 0.6) is 0 Å². The maximum atomic E-state index is 13.3. The van der Waals surface area contributed by atoms with Crippen LogP contribution in [0, 0.1) is 52.3 Å². The van der Waals surface area contributed by atoms with E-state index in [2.05, 4.69) is 109 Å². The first-order valence-electron chi connectivity index (χ1n) is 27.1. The second-order valence-corrected chi connectivity index (χ2v) is 31.1. The summed E-state index contributed by atoms with van der Waals surface area (Å²) in [5.74, 6) is 4.64. The van der Waals surface area contributed by atoms with Gasteiger partial charge in [-0.25, -0.2) is 9.59 Å². The summed E-state index contributed by atoms with van der Waals surface area (Å²) < 4.78 is 25.6. The lowest BCUT2D eigenvalue weighted by atomic mass is 9.43. The van der Waals surface area contributed by atoms with Crippen molar-refractivity contribution in [2.75, 3.05) is 26.2 Å². The van der Waals surface area contributed by atoms with Crippen LogP contribution in [0.3, 0.4) is 0 Å². The molecule has 4 aliphatic carbocycles. The summed E-state index contributed by atoms with van der Waals surface area (Å²) in [6.07, 6.45) is 15.0. The molecule has 0 spiro atoms. The summed E-state index contributed by atoms with van der Waals surface area (Å²) >= 11 is 0. The number of nitrogens with zero attached hydrogens (tertiary/aromatic N) is 1. The van der Waals surface area contributed by atoms with E-state index >= 15 is 0 Å². The number of hydrogen-bond acceptors (Lipinski definition) is 7. The maximum Gasteiger partial charge on any atom is 0.410 e. The van der Waals surface area contributed by atoms with Gasteiger partial charge >= 0.3 is 12.2 Å². The Hall–Kier alpha value is -2.14. The molecule has 4 aliphatic rings. The van der Waals surface area contributed by atoms with Gasteiger partial charge in [0.1, 0.15) is 11.2 Å². The van der Waals surface area contributed by atoms with E-state index in [-0.39, 0.29) is 17.2 Å². The molecule has 0 bridgehead atoms. The van der Waals surface area contributed by atoms with Crippen LogP contribution in [0.15, 0.2) is 30.3 Å². The van der Waals surface area contributed by atoms with E-state index in [0.717, 1.165) is 38.1 Å². The van der Waals surface area contributed by atoms with Crippen LogP contribution in [0.25, 0.3) is 0 Å². The van der Waals surface area contributed by atoms with Crippen LogP contribution >= 0.6 is 0 Å². The normalized spacial score (nSPS) is 29.9. The van der Waals surface area contributed by atoms with Gasteiger partial charge in [-0.3, -0.25) is 0 Å². The van der Waals surface area contributed by atoms with Crippen LogP contribution in [0.1, 0.15) is 186 Å². The summed E-state index contributed by atoms with van der Waals surface area (Å²) in [5.41, 5.74) is 0.879. The fourth-order valence-corrected chi connectivity index (χ4v) is 14.7. The molecule has 4 saturated carbocycles. The summed E-state index contributed by atoms with van der Waals surface area (Å²) in [7, 11) is -1.85. The van der Waals surface area contributed by atoms with Gasteiger partial charge in [-0.15, -0.1) is 0 Å². The average molecular weight is 953 g/mol. The van der Waals surface area contributed by atoms with Gasteiger partial charge in [0.2, 0.25) is 0 Å². The number of carbonyl (C=O) groups is 2. The molecule has 5 rings (SSSR count). The zero-order valence-electron chi connectivity index (χ0n) is 45.8. The van der Waals surface area contributed by atoms with Crippen molar-refractivity contribution in [3.63, 3.8) is 0 Å². The summed E-state index contributed by atoms with van der Waals surface area (Å²) in [6.45, 7) is 39.3. The fraction of sp³-hybridized carbons (Fsp3) is 0.860. The second kappa shape index (κ2) is 22.9. The molecule has 9 nitrogen and oxygen atoms in total. The number of amides is 2. The quantitative estimate of drug-likeness (QED) is 0.0992. The molecular formula is C57H101N3O6Si. The maximum absolute atomic E-state index is 13.3. The van der Waals surface area contributed by atoms with E-state index in [4.69, 9.17) is 18.6 Å². The van der Waals surface area contributed by atoms with Gasteiger partial charge in [0, 0.05) is 31.8 Å². The molecule has 1 aromatic carbocycles. The minimum absolute atomic E-state index is 0.224. The molecule has 0 aliphatic heterocycles. The lowest BCUT2D eigenvalue weighted by Gasteiger charge is -2.63. The van der Waals surface area contributed by atoms with E-state index in [1.54, 1.807) is 0 Å². The molecule has 2 N–H and O–H groups in total. The molecule has 0 aromatic heterocycles. The number of benzene rings is 1. The van der Waals surface area contributed by atoms with Crippen molar-refractivity contribution >= 4 is 20.5 Å². The molecule has 2 unspecified atom stereocenters. The molecule has 67 heavy (non-hydrogen) atoms. The van der Waals surface area contributed by atoms with Gasteiger partial charge in [-0.2, -0.15) is 0 Å². The predicted molar refractivity (Wildman–Crippen MR) is 279 cm³/mol. The number of fused-ring (bicyclic) bond motifs is 5. The first-order chi connectivity index (χ1) is 31.1. The lowest BCUT2D eigenvalue weighted by Crippen LogP contribution is -2.60. The third kappa shape index (κ3) is 14.9. The third-order valence-corrected chi connectivity index (χ3v) is 22.3. The van der Waals surface area contributed by atoms with E-state index in [9.17, 15) is 9.59 Å². The number of nitrogens with one attached hydrogen (secondary N) is 2. The number of carbonyl (C=O) groups excluding carboxylic acids is 2. The van der Waals surface area contributed by atoms with E-state index in [0.29, 0.717) is 84.7 Å². The van der Waals surface area contributed by atoms with E-state index < -0.39 is 25.6 Å². The Morgan fingerprint density at radius 3 is 2.06 bits per heavy atom. The standard InChI is InChI=1S/C57H101N3O6Si/c1-40(2)48(66-67(15,16)55(10,11)12)28-25-41(3)45-26-27-46-50-47(30-32-57(45,46)14)56(13)31-29-44(37-43(56)38-49(50)63-39-42-23-18-17-19-24-42)58-34-22-36-60(52(62)65-54(7,8)9)35-21-20-33-59-51(61)64-53(4,5)6/h17-19,23-24,40-41,43-50,58H,20-22,25-39H2,1-16H3,(H,59,61)/t41-,43-,44?,45-,46+,47+,48?,49-,50+,56+,57-/m1/s1. The molecule has 0 radical (unpaired) electrons. The Morgan fingerprint density at radius 1 is 0.776 bits per heavy atom. The summed E-state index contributed by atoms with van der Waals surface area (Å²) in [5, 5.41) is 7.05. The molecule has 0 heterocycles. The van der Waals surface area contributed by atoms with E-state index in [1.165, 1.54) is 63.4 Å². The molecule has 2 amide bonds. The second-order valence-electron chi connectivity index (χ2n) is 26.4. The number of ether oxygens (including phenoxy) is 3. The zero-order valence-corrected chi connectivity index (χ0v) is 46.8. The van der Waals surface area contributed by atoms with Gasteiger partial charge in [-0.05, 0) is 208 Å². The van der Waals surface area contributed by atoms with Crippen LogP contribution in [0.2, 0.25) is 18.1 Å². The summed E-state index contributed by atoms with van der Waals surface area (Å²) in [4.78, 5) is 27.3. The van der Waals surface area contributed by atoms with Gasteiger partial charge in [0.05, 0.1) is 12.7 Å². The van der Waals surface area contributed by atoms with E-state index in [1.807, 2.05) is 46.4 Å². The van der Waals surface area contributed by atoms with Crippen LogP contribution in [-0.2, 0) is 25.2 Å². The van der Waals surface area contributed by atoms with Gasteiger partial charge in [0.15, 0.2) is 8.32 Å². The highest BCUT2D eigenvalue weighted by Crippen LogP contribution is 2.69. The number of alkyl carbamates (subject to hydrolysis) is 1. The Bertz CT molecular complexity index is 1700. The minimum Gasteiger partial charge on any atom is -0.444 e. The first kappa shape index (κ1) is 55.8. The highest BCUT2D eigenvalue weighted by Gasteiger charge is 2.63. The van der Waals surface area contributed by atoms with Crippen molar-refractivity contribution in [2.45, 2.75) is 235 Å². The molecule has 10 heteroatoms. The largest absolute Gasteiger partial charge is 0.444 e. The van der Waals surface area contributed by atoms with Crippen LogP contribution in [0.4, 0.5) is 9.59 Å².